The summed E-state index contributed by atoms with van der Waals surface area (Å²) >= 11 is 1.36. The van der Waals surface area contributed by atoms with Crippen molar-refractivity contribution < 1.29 is 13.9 Å². The van der Waals surface area contributed by atoms with E-state index in [4.69, 9.17) is 9.15 Å². The van der Waals surface area contributed by atoms with Gasteiger partial charge in [-0.3, -0.25) is 14.4 Å². The zero-order chi connectivity index (χ0) is 22.1. The van der Waals surface area contributed by atoms with Gasteiger partial charge in [0.2, 0.25) is 0 Å². The van der Waals surface area contributed by atoms with Crippen molar-refractivity contribution in [1.82, 2.24) is 14.8 Å². The second-order valence-corrected chi connectivity index (χ2v) is 8.05. The number of hydrogen-bond donors (Lipinski definition) is 0. The maximum atomic E-state index is 13.5. The Bertz CT molecular complexity index is 1470. The van der Waals surface area contributed by atoms with Gasteiger partial charge in [0, 0.05) is 24.3 Å². The molecule has 0 atom stereocenters. The Morgan fingerprint density at radius 1 is 1.19 bits per heavy atom. The molecule has 0 saturated carbocycles. The number of rotatable bonds is 6. The van der Waals surface area contributed by atoms with Gasteiger partial charge in [-0.05, 0) is 36.4 Å². The van der Waals surface area contributed by atoms with Gasteiger partial charge in [-0.25, -0.2) is 9.78 Å². The number of thiazole rings is 1. The monoisotopic (exact) mass is 446 g/mol. The molecular weight excluding hydrogens is 428 g/mol. The standard InChI is InChI=1S/C23H18N4O4S/c1-30-16-7-8-18-20(14-16)32-23(25-18)27(12-11-26-10-4-9-24-26)21(28)17-13-15-5-2-3-6-19(15)31-22(17)29/h2-10,13-14H,11-12H2,1H3. The molecule has 0 aliphatic heterocycles. The van der Waals surface area contributed by atoms with E-state index in [1.165, 1.54) is 16.2 Å². The van der Waals surface area contributed by atoms with Crippen LogP contribution < -0.4 is 15.3 Å². The highest BCUT2D eigenvalue weighted by Gasteiger charge is 2.25. The van der Waals surface area contributed by atoms with Gasteiger partial charge in [-0.15, -0.1) is 0 Å². The normalized spacial score (nSPS) is 11.2. The number of ether oxygens (including phenoxy) is 1. The maximum Gasteiger partial charge on any atom is 0.349 e. The van der Waals surface area contributed by atoms with Crippen LogP contribution in [0.1, 0.15) is 10.4 Å². The van der Waals surface area contributed by atoms with Crippen LogP contribution in [0.15, 0.2) is 76.2 Å². The van der Waals surface area contributed by atoms with Gasteiger partial charge in [-0.2, -0.15) is 5.10 Å². The molecule has 0 bridgehead atoms. The lowest BCUT2D eigenvalue weighted by atomic mass is 10.1. The van der Waals surface area contributed by atoms with E-state index in [0.717, 1.165) is 10.2 Å². The highest BCUT2D eigenvalue weighted by atomic mass is 32.1. The van der Waals surface area contributed by atoms with E-state index in [9.17, 15) is 9.59 Å². The van der Waals surface area contributed by atoms with E-state index in [0.29, 0.717) is 28.4 Å². The van der Waals surface area contributed by atoms with Crippen LogP contribution in [-0.2, 0) is 6.54 Å². The summed E-state index contributed by atoms with van der Waals surface area (Å²) in [7, 11) is 1.60. The lowest BCUT2D eigenvalue weighted by Crippen LogP contribution is -2.36. The van der Waals surface area contributed by atoms with Crippen LogP contribution in [0.2, 0.25) is 0 Å². The van der Waals surface area contributed by atoms with E-state index in [1.54, 1.807) is 42.3 Å². The van der Waals surface area contributed by atoms with Crippen molar-refractivity contribution in [2.75, 3.05) is 18.6 Å². The molecule has 160 valence electrons. The average molecular weight is 446 g/mol. The number of carbonyl (C=O) groups is 1. The molecule has 2 aromatic carbocycles. The van der Waals surface area contributed by atoms with Gasteiger partial charge in [0.15, 0.2) is 5.13 Å². The molecule has 1 amide bonds. The predicted molar refractivity (Wildman–Crippen MR) is 123 cm³/mol. The number of amides is 1. The average Bonchev–Trinajstić information content (AvgIpc) is 3.48. The van der Waals surface area contributed by atoms with Gasteiger partial charge < -0.3 is 9.15 Å². The van der Waals surface area contributed by atoms with Gasteiger partial charge in [-0.1, -0.05) is 29.5 Å². The van der Waals surface area contributed by atoms with Crippen molar-refractivity contribution >= 4 is 43.6 Å². The Labute approximate surface area is 186 Å². The second kappa shape index (κ2) is 8.27. The van der Waals surface area contributed by atoms with E-state index < -0.39 is 11.5 Å². The molecule has 3 heterocycles. The fraction of sp³-hybridized carbons (Fsp3) is 0.130. The Kier molecular flexibility index (Phi) is 5.16. The summed E-state index contributed by atoms with van der Waals surface area (Å²) in [5.41, 5.74) is 0.457. The quantitative estimate of drug-likeness (QED) is 0.367. The van der Waals surface area contributed by atoms with Gasteiger partial charge >= 0.3 is 5.63 Å². The van der Waals surface area contributed by atoms with Gasteiger partial charge in [0.25, 0.3) is 5.91 Å². The number of anilines is 1. The lowest BCUT2D eigenvalue weighted by Gasteiger charge is -2.19. The van der Waals surface area contributed by atoms with Crippen LogP contribution in [0.3, 0.4) is 0 Å². The first-order valence-corrected chi connectivity index (χ1v) is 10.7. The fourth-order valence-electron chi connectivity index (χ4n) is 3.41. The zero-order valence-corrected chi connectivity index (χ0v) is 17.9. The van der Waals surface area contributed by atoms with Crippen LogP contribution in [0.25, 0.3) is 21.2 Å². The molecule has 9 heteroatoms. The molecular formula is C23H18N4O4S. The van der Waals surface area contributed by atoms with E-state index in [-0.39, 0.29) is 12.1 Å². The molecule has 0 spiro atoms. The molecule has 0 aliphatic rings. The number of benzene rings is 2. The Morgan fingerprint density at radius 2 is 2.06 bits per heavy atom. The highest BCUT2D eigenvalue weighted by molar-refractivity contribution is 7.22. The van der Waals surface area contributed by atoms with Crippen LogP contribution in [0.4, 0.5) is 5.13 Å². The fourth-order valence-corrected chi connectivity index (χ4v) is 4.43. The summed E-state index contributed by atoms with van der Waals surface area (Å²) < 4.78 is 13.3. The van der Waals surface area contributed by atoms with Crippen molar-refractivity contribution in [2.24, 2.45) is 0 Å². The minimum atomic E-state index is -0.680. The van der Waals surface area contributed by atoms with Crippen LogP contribution >= 0.6 is 11.3 Å². The molecule has 0 saturated heterocycles. The number of para-hydroxylation sites is 1. The summed E-state index contributed by atoms with van der Waals surface area (Å²) in [6.45, 7) is 0.723. The van der Waals surface area contributed by atoms with Gasteiger partial charge in [0.05, 0.1) is 23.9 Å². The summed E-state index contributed by atoms with van der Waals surface area (Å²) in [5.74, 6) is 0.236. The van der Waals surface area contributed by atoms with Crippen molar-refractivity contribution in [1.29, 1.82) is 0 Å². The molecule has 0 unspecified atom stereocenters. The smallest absolute Gasteiger partial charge is 0.349 e. The zero-order valence-electron chi connectivity index (χ0n) is 17.1. The Balaban J connectivity index is 1.57. The first kappa shape index (κ1) is 20.0. The minimum Gasteiger partial charge on any atom is -0.497 e. The van der Waals surface area contributed by atoms with Crippen LogP contribution in [-0.4, -0.2) is 34.3 Å². The predicted octanol–water partition coefficient (Wildman–Crippen LogP) is 3.95. The highest BCUT2D eigenvalue weighted by Crippen LogP contribution is 2.32. The molecule has 0 aliphatic carbocycles. The lowest BCUT2D eigenvalue weighted by molar-refractivity contribution is 0.0982. The SMILES string of the molecule is COc1ccc2nc(N(CCn3cccn3)C(=O)c3cc4ccccc4oc3=O)sc2c1. The molecule has 0 fully saturated rings. The van der Waals surface area contributed by atoms with Crippen LogP contribution in [0, 0.1) is 0 Å². The van der Waals surface area contributed by atoms with E-state index in [1.807, 2.05) is 36.5 Å². The Morgan fingerprint density at radius 3 is 2.88 bits per heavy atom. The topological polar surface area (TPSA) is 90.5 Å². The number of fused-ring (bicyclic) bond motifs is 2. The summed E-state index contributed by atoms with van der Waals surface area (Å²) in [6, 6.07) is 16.0. The van der Waals surface area contributed by atoms with E-state index in [2.05, 4.69) is 10.1 Å². The van der Waals surface area contributed by atoms with Gasteiger partial charge in [0.1, 0.15) is 16.9 Å². The molecule has 32 heavy (non-hydrogen) atoms. The van der Waals surface area contributed by atoms with E-state index >= 15 is 0 Å². The molecule has 5 aromatic rings. The molecule has 3 aromatic heterocycles. The summed E-state index contributed by atoms with van der Waals surface area (Å²) in [4.78, 5) is 32.3. The van der Waals surface area contributed by atoms with Crippen molar-refractivity contribution in [3.05, 3.63) is 83.0 Å². The number of nitrogens with zero attached hydrogens (tertiary/aromatic N) is 4. The summed E-state index contributed by atoms with van der Waals surface area (Å²) in [5, 5.41) is 5.36. The number of methoxy groups -OCH3 is 1. The Hall–Kier alpha value is -3.98. The first-order valence-electron chi connectivity index (χ1n) is 9.89. The largest absolute Gasteiger partial charge is 0.497 e. The van der Waals surface area contributed by atoms with Crippen molar-refractivity contribution in [2.45, 2.75) is 6.54 Å². The van der Waals surface area contributed by atoms with Crippen molar-refractivity contribution in [3.8, 4) is 5.75 Å². The minimum absolute atomic E-state index is 0.0407. The first-order chi connectivity index (χ1) is 15.6. The van der Waals surface area contributed by atoms with Crippen molar-refractivity contribution in [3.63, 3.8) is 0 Å². The molecule has 8 nitrogen and oxygen atoms in total. The molecule has 0 N–H and O–H groups in total. The summed E-state index contributed by atoms with van der Waals surface area (Å²) in [6.07, 6.45) is 3.49. The third kappa shape index (κ3) is 3.74. The maximum absolute atomic E-state index is 13.5. The molecule has 5 rings (SSSR count). The number of aromatic nitrogens is 3. The number of carbonyl (C=O) groups excluding carboxylic acids is 1. The van der Waals surface area contributed by atoms with Crippen LogP contribution in [0.5, 0.6) is 5.75 Å². The third-order valence-electron chi connectivity index (χ3n) is 5.04. The third-order valence-corrected chi connectivity index (χ3v) is 6.09. The molecule has 0 radical (unpaired) electrons. The number of hydrogen-bond acceptors (Lipinski definition) is 7. The second-order valence-electron chi connectivity index (χ2n) is 7.04.